The number of hydrogen-bond donors (Lipinski definition) is 1. The van der Waals surface area contributed by atoms with Crippen LogP contribution in [-0.4, -0.2) is 22.0 Å². The van der Waals surface area contributed by atoms with Crippen molar-refractivity contribution < 1.29 is 4.21 Å². The van der Waals surface area contributed by atoms with E-state index in [1.165, 1.54) is 0 Å². The zero-order chi connectivity index (χ0) is 11.3. The van der Waals surface area contributed by atoms with E-state index in [1.807, 2.05) is 6.26 Å². The van der Waals surface area contributed by atoms with Gasteiger partial charge in [-0.25, -0.2) is 0 Å². The van der Waals surface area contributed by atoms with Crippen LogP contribution in [0.3, 0.4) is 0 Å². The highest BCUT2D eigenvalue weighted by atomic mass is 35.5. The molecule has 2 N–H and O–H groups in total. The summed E-state index contributed by atoms with van der Waals surface area (Å²) in [5.74, 6) is 1.63. The normalized spacial score (nSPS) is 12.7. The second-order valence-electron chi connectivity index (χ2n) is 3.05. The number of halogens is 1. The minimum Gasteiger partial charge on any atom is -0.398 e. The predicted octanol–water partition coefficient (Wildman–Crippen LogP) is 2.78. The molecule has 0 radical (unpaired) electrons. The van der Waals surface area contributed by atoms with E-state index in [4.69, 9.17) is 17.3 Å². The van der Waals surface area contributed by atoms with Crippen LogP contribution in [0.5, 0.6) is 0 Å². The smallest absolute Gasteiger partial charge is 0.0803 e. The fourth-order valence-corrected chi connectivity index (χ4v) is 3.49. The highest BCUT2D eigenvalue weighted by molar-refractivity contribution is 7.98. The van der Waals surface area contributed by atoms with Crippen LogP contribution in [0, 0.1) is 0 Å². The summed E-state index contributed by atoms with van der Waals surface area (Å²) in [7, 11) is -1.08. The van der Waals surface area contributed by atoms with E-state index < -0.39 is 10.8 Å². The summed E-state index contributed by atoms with van der Waals surface area (Å²) in [4.78, 5) is 0.584. The minimum atomic E-state index is -1.08. The molecule has 84 valence electrons. The third-order valence-electron chi connectivity index (χ3n) is 1.90. The molecule has 5 heteroatoms. The molecule has 2 nitrogen and oxygen atoms in total. The van der Waals surface area contributed by atoms with Crippen LogP contribution in [0.15, 0.2) is 23.1 Å². The average Bonchev–Trinajstić information content (AvgIpc) is 2.18. The van der Waals surface area contributed by atoms with Crippen molar-refractivity contribution in [3.63, 3.8) is 0 Å². The van der Waals surface area contributed by atoms with E-state index in [-0.39, 0.29) is 0 Å². The first-order chi connectivity index (χ1) is 7.16. The fraction of sp³-hybridized carbons (Fsp3) is 0.400. The number of nitrogens with two attached hydrogens (primary N) is 1. The molecule has 1 aromatic carbocycles. The molecule has 0 spiro atoms. The van der Waals surface area contributed by atoms with Crippen LogP contribution in [0.25, 0.3) is 0 Å². The number of nitrogen functional groups attached to an aromatic ring is 1. The first-order valence-electron chi connectivity index (χ1n) is 4.58. The van der Waals surface area contributed by atoms with Gasteiger partial charge in [0, 0.05) is 11.4 Å². The summed E-state index contributed by atoms with van der Waals surface area (Å²) in [5.41, 5.74) is 6.26. The van der Waals surface area contributed by atoms with Crippen molar-refractivity contribution >= 4 is 39.8 Å². The van der Waals surface area contributed by atoms with Crippen molar-refractivity contribution in [1.82, 2.24) is 0 Å². The van der Waals surface area contributed by atoms with E-state index in [0.29, 0.717) is 21.4 Å². The molecule has 0 aliphatic carbocycles. The van der Waals surface area contributed by atoms with Crippen LogP contribution in [-0.2, 0) is 10.8 Å². The third kappa shape index (κ3) is 3.70. The molecule has 1 rings (SSSR count). The lowest BCUT2D eigenvalue weighted by Gasteiger charge is -2.07. The summed E-state index contributed by atoms with van der Waals surface area (Å²) >= 11 is 7.71. The SMILES string of the molecule is CSCCCS(=O)c1c(N)cccc1Cl. The lowest BCUT2D eigenvalue weighted by molar-refractivity contribution is 0.682. The molecule has 1 aromatic rings. The van der Waals surface area contributed by atoms with Crippen LogP contribution in [0.1, 0.15) is 6.42 Å². The standard InChI is InChI=1S/C10H14ClNOS2/c1-14-6-3-7-15(13)10-8(11)4-2-5-9(10)12/h2,4-5H,3,6-7,12H2,1H3. The number of hydrogen-bond acceptors (Lipinski definition) is 3. The molecule has 0 aliphatic rings. The number of rotatable bonds is 5. The lowest BCUT2D eigenvalue weighted by Crippen LogP contribution is -2.03. The van der Waals surface area contributed by atoms with Gasteiger partial charge in [0.25, 0.3) is 0 Å². The Kier molecular flexibility index (Phi) is 5.50. The van der Waals surface area contributed by atoms with Crippen molar-refractivity contribution in [3.8, 4) is 0 Å². The summed E-state index contributed by atoms with van der Waals surface area (Å²) < 4.78 is 11.9. The average molecular weight is 264 g/mol. The molecular formula is C10H14ClNOS2. The molecule has 0 saturated heterocycles. The minimum absolute atomic E-state index is 0.498. The van der Waals surface area contributed by atoms with Gasteiger partial charge in [-0.15, -0.1) is 0 Å². The molecule has 0 saturated carbocycles. The first kappa shape index (κ1) is 12.9. The van der Waals surface area contributed by atoms with Crippen molar-refractivity contribution in [2.75, 3.05) is 23.5 Å². The van der Waals surface area contributed by atoms with E-state index in [0.717, 1.165) is 12.2 Å². The molecule has 0 aromatic heterocycles. The highest BCUT2D eigenvalue weighted by Crippen LogP contribution is 2.26. The van der Waals surface area contributed by atoms with Gasteiger partial charge < -0.3 is 5.73 Å². The van der Waals surface area contributed by atoms with Crippen molar-refractivity contribution in [2.24, 2.45) is 0 Å². The molecule has 0 amide bonds. The van der Waals surface area contributed by atoms with Gasteiger partial charge in [-0.1, -0.05) is 17.7 Å². The van der Waals surface area contributed by atoms with Crippen molar-refractivity contribution in [2.45, 2.75) is 11.3 Å². The highest BCUT2D eigenvalue weighted by Gasteiger charge is 2.11. The van der Waals surface area contributed by atoms with E-state index in [2.05, 4.69) is 0 Å². The molecular weight excluding hydrogens is 250 g/mol. The maximum Gasteiger partial charge on any atom is 0.0803 e. The predicted molar refractivity (Wildman–Crippen MR) is 70.1 cm³/mol. The van der Waals surface area contributed by atoms with Crippen molar-refractivity contribution in [1.29, 1.82) is 0 Å². The van der Waals surface area contributed by atoms with Gasteiger partial charge in [0.15, 0.2) is 0 Å². The van der Waals surface area contributed by atoms with Crippen LogP contribution >= 0.6 is 23.4 Å². The van der Waals surface area contributed by atoms with Gasteiger partial charge in [-0.05, 0) is 30.6 Å². The topological polar surface area (TPSA) is 43.1 Å². The second kappa shape index (κ2) is 6.40. The van der Waals surface area contributed by atoms with E-state index >= 15 is 0 Å². The number of anilines is 1. The Balaban J connectivity index is 2.73. The Morgan fingerprint density at radius 3 is 2.87 bits per heavy atom. The van der Waals surface area contributed by atoms with E-state index in [9.17, 15) is 4.21 Å². The van der Waals surface area contributed by atoms with Gasteiger partial charge in [-0.2, -0.15) is 11.8 Å². The second-order valence-corrected chi connectivity index (χ2v) is 5.95. The van der Waals surface area contributed by atoms with Gasteiger partial charge in [0.1, 0.15) is 0 Å². The summed E-state index contributed by atoms with van der Waals surface area (Å²) in [6.45, 7) is 0. The van der Waals surface area contributed by atoms with Gasteiger partial charge >= 0.3 is 0 Å². The van der Waals surface area contributed by atoms with Crippen LogP contribution in [0.4, 0.5) is 5.69 Å². The summed E-state index contributed by atoms with van der Waals surface area (Å²) in [6.07, 6.45) is 2.95. The van der Waals surface area contributed by atoms with Crippen molar-refractivity contribution in [3.05, 3.63) is 23.2 Å². The Hall–Kier alpha value is -0.190. The Morgan fingerprint density at radius 1 is 1.53 bits per heavy atom. The zero-order valence-corrected chi connectivity index (χ0v) is 10.9. The lowest BCUT2D eigenvalue weighted by atomic mass is 10.3. The van der Waals surface area contributed by atoms with Gasteiger partial charge in [-0.3, -0.25) is 4.21 Å². The maximum absolute atomic E-state index is 11.9. The van der Waals surface area contributed by atoms with Crippen LogP contribution in [0.2, 0.25) is 5.02 Å². The third-order valence-corrected chi connectivity index (χ3v) is 4.60. The Morgan fingerprint density at radius 2 is 2.27 bits per heavy atom. The fourth-order valence-electron chi connectivity index (χ4n) is 1.20. The van der Waals surface area contributed by atoms with Crippen LogP contribution < -0.4 is 5.73 Å². The molecule has 15 heavy (non-hydrogen) atoms. The quantitative estimate of drug-likeness (QED) is 0.656. The van der Waals surface area contributed by atoms with E-state index in [1.54, 1.807) is 30.0 Å². The Bertz CT molecular complexity index is 337. The number of thioether (sulfide) groups is 1. The molecule has 0 heterocycles. The molecule has 1 unspecified atom stereocenters. The Labute approximate surface area is 102 Å². The maximum atomic E-state index is 11.9. The van der Waals surface area contributed by atoms with Gasteiger partial charge in [0.05, 0.1) is 20.7 Å². The molecule has 0 fully saturated rings. The summed E-state index contributed by atoms with van der Waals surface area (Å²) in [5, 5.41) is 0.498. The zero-order valence-electron chi connectivity index (χ0n) is 8.53. The largest absolute Gasteiger partial charge is 0.398 e. The molecule has 0 bridgehead atoms. The molecule has 1 atom stereocenters. The molecule has 0 aliphatic heterocycles. The summed E-state index contributed by atoms with van der Waals surface area (Å²) in [6, 6.07) is 5.22. The van der Waals surface area contributed by atoms with Gasteiger partial charge in [0.2, 0.25) is 0 Å². The number of benzene rings is 1. The monoisotopic (exact) mass is 263 g/mol. The first-order valence-corrected chi connectivity index (χ1v) is 7.67.